The Bertz CT molecular complexity index is 639. The molecule has 124 valence electrons. The number of carboxylic acid groups (broad SMARTS) is 1. The third-order valence-corrected chi connectivity index (χ3v) is 4.56. The molecule has 0 saturated carbocycles. The van der Waals surface area contributed by atoms with Crippen LogP contribution in [0.2, 0.25) is 0 Å². The molecule has 1 spiro atoms. The summed E-state index contributed by atoms with van der Waals surface area (Å²) >= 11 is 0. The largest absolute Gasteiger partial charge is 0.509 e. The average Bonchev–Trinajstić information content (AvgIpc) is 2.86. The lowest BCUT2D eigenvalue weighted by Crippen LogP contribution is -2.48. The van der Waals surface area contributed by atoms with Gasteiger partial charge >= 0.3 is 12.1 Å². The van der Waals surface area contributed by atoms with E-state index in [1.807, 2.05) is 4.90 Å². The van der Waals surface area contributed by atoms with E-state index in [0.717, 1.165) is 0 Å². The van der Waals surface area contributed by atoms with Gasteiger partial charge < -0.3 is 14.6 Å². The first-order valence-electron chi connectivity index (χ1n) is 7.49. The average molecular weight is 323 g/mol. The van der Waals surface area contributed by atoms with Crippen LogP contribution in [0.5, 0.6) is 0 Å². The Kier molecular flexibility index (Phi) is 3.97. The second kappa shape index (κ2) is 5.81. The molecule has 1 aromatic rings. The van der Waals surface area contributed by atoms with Crippen LogP contribution in [0.4, 0.5) is 9.18 Å². The fraction of sp³-hybridized carbons (Fsp3) is 0.500. The molecule has 0 amide bonds. The van der Waals surface area contributed by atoms with Crippen molar-refractivity contribution >= 4 is 12.1 Å². The van der Waals surface area contributed by atoms with Crippen molar-refractivity contribution < 1.29 is 28.6 Å². The molecule has 3 rings (SSSR count). The zero-order chi connectivity index (χ0) is 16.6. The smallest absolute Gasteiger partial charge is 0.480 e. The van der Waals surface area contributed by atoms with Crippen LogP contribution in [0.25, 0.3) is 0 Å². The number of carbonyl (C=O) groups excluding carboxylic acids is 1. The Labute approximate surface area is 132 Å². The monoisotopic (exact) mass is 323 g/mol. The highest BCUT2D eigenvalue weighted by molar-refractivity contribution is 5.75. The van der Waals surface area contributed by atoms with E-state index in [9.17, 15) is 19.1 Å². The highest BCUT2D eigenvalue weighted by Gasteiger charge is 2.46. The Hall–Kier alpha value is -2.15. The lowest BCUT2D eigenvalue weighted by molar-refractivity contribution is -0.145. The summed E-state index contributed by atoms with van der Waals surface area (Å²) in [4.78, 5) is 24.7. The molecule has 6 nitrogen and oxygen atoms in total. The Morgan fingerprint density at radius 2 is 2.09 bits per heavy atom. The molecule has 2 aliphatic rings. The number of carboxylic acids is 1. The maximum Gasteiger partial charge on any atom is 0.509 e. The molecular formula is C16H18FNO5. The number of hydrogen-bond acceptors (Lipinski definition) is 5. The minimum absolute atomic E-state index is 0.215. The van der Waals surface area contributed by atoms with Crippen LogP contribution in [0, 0.1) is 12.7 Å². The number of aryl methyl sites for hydroxylation is 1. The molecule has 23 heavy (non-hydrogen) atoms. The number of halogens is 1. The van der Waals surface area contributed by atoms with Crippen molar-refractivity contribution in [1.82, 2.24) is 4.90 Å². The minimum Gasteiger partial charge on any atom is -0.480 e. The number of aliphatic carboxylic acids is 1. The second-order valence-corrected chi connectivity index (χ2v) is 6.11. The zero-order valence-corrected chi connectivity index (χ0v) is 12.8. The highest BCUT2D eigenvalue weighted by atomic mass is 19.1. The van der Waals surface area contributed by atoms with Gasteiger partial charge in [0.2, 0.25) is 0 Å². The van der Waals surface area contributed by atoms with Gasteiger partial charge in [-0.2, -0.15) is 0 Å². The van der Waals surface area contributed by atoms with E-state index in [1.165, 1.54) is 12.1 Å². The standard InChI is InChI=1S/C16H18FNO5/c1-10-8-11(2-3-12(10)17)13(14(19)20)18-6-4-16(5-7-18)9-22-15(21)23-16/h2-3,8,13H,4-7,9H2,1H3,(H,19,20). The molecule has 1 aromatic carbocycles. The predicted molar refractivity (Wildman–Crippen MR) is 77.5 cm³/mol. The van der Waals surface area contributed by atoms with Crippen LogP contribution in [0.15, 0.2) is 18.2 Å². The number of likely N-dealkylation sites (tertiary alicyclic amines) is 1. The van der Waals surface area contributed by atoms with Crippen molar-refractivity contribution in [1.29, 1.82) is 0 Å². The van der Waals surface area contributed by atoms with E-state index in [-0.39, 0.29) is 12.4 Å². The maximum absolute atomic E-state index is 13.4. The number of carbonyl (C=O) groups is 2. The summed E-state index contributed by atoms with van der Waals surface area (Å²) in [5, 5.41) is 9.59. The third kappa shape index (κ3) is 3.01. The number of cyclic esters (lactones) is 1. The highest BCUT2D eigenvalue weighted by Crippen LogP contribution is 2.35. The lowest BCUT2D eigenvalue weighted by atomic mass is 9.90. The molecule has 2 heterocycles. The molecule has 0 bridgehead atoms. The molecule has 2 saturated heterocycles. The maximum atomic E-state index is 13.4. The van der Waals surface area contributed by atoms with Crippen molar-refractivity contribution in [3.8, 4) is 0 Å². The van der Waals surface area contributed by atoms with Gasteiger partial charge in [0, 0.05) is 25.9 Å². The van der Waals surface area contributed by atoms with Crippen LogP contribution >= 0.6 is 0 Å². The molecule has 0 aliphatic carbocycles. The van der Waals surface area contributed by atoms with Crippen LogP contribution in [0.1, 0.15) is 30.0 Å². The van der Waals surface area contributed by atoms with Gasteiger partial charge in [0.1, 0.15) is 18.5 Å². The van der Waals surface area contributed by atoms with Crippen molar-refractivity contribution in [3.05, 3.63) is 35.1 Å². The van der Waals surface area contributed by atoms with Gasteiger partial charge in [0.05, 0.1) is 0 Å². The first-order chi connectivity index (χ1) is 10.9. The second-order valence-electron chi connectivity index (χ2n) is 6.11. The number of hydrogen-bond donors (Lipinski definition) is 1. The molecule has 7 heteroatoms. The molecule has 0 radical (unpaired) electrons. The Morgan fingerprint density at radius 1 is 1.39 bits per heavy atom. The van der Waals surface area contributed by atoms with Crippen molar-refractivity contribution in [2.24, 2.45) is 0 Å². The SMILES string of the molecule is Cc1cc(C(C(=O)O)N2CCC3(CC2)COC(=O)O3)ccc1F. The summed E-state index contributed by atoms with van der Waals surface area (Å²) in [5.74, 6) is -1.34. The molecule has 1 N–H and O–H groups in total. The summed E-state index contributed by atoms with van der Waals surface area (Å²) < 4.78 is 23.5. The molecule has 2 aliphatic heterocycles. The minimum atomic E-state index is -0.980. The first-order valence-corrected chi connectivity index (χ1v) is 7.49. The molecule has 1 atom stereocenters. The van der Waals surface area contributed by atoms with E-state index in [2.05, 4.69) is 0 Å². The summed E-state index contributed by atoms with van der Waals surface area (Å²) in [6.07, 6.45) is 0.369. The predicted octanol–water partition coefficient (Wildman–Crippen LogP) is 2.26. The lowest BCUT2D eigenvalue weighted by Gasteiger charge is -2.39. The third-order valence-electron chi connectivity index (χ3n) is 4.56. The quantitative estimate of drug-likeness (QED) is 0.860. The van der Waals surface area contributed by atoms with Gasteiger partial charge in [-0.1, -0.05) is 12.1 Å². The Morgan fingerprint density at radius 3 is 2.61 bits per heavy atom. The van der Waals surface area contributed by atoms with E-state index in [4.69, 9.17) is 9.47 Å². The van der Waals surface area contributed by atoms with Gasteiger partial charge in [0.25, 0.3) is 0 Å². The van der Waals surface area contributed by atoms with Crippen molar-refractivity contribution in [3.63, 3.8) is 0 Å². The van der Waals surface area contributed by atoms with E-state index < -0.39 is 23.8 Å². The first kappa shape index (κ1) is 15.7. The van der Waals surface area contributed by atoms with Crippen molar-refractivity contribution in [2.75, 3.05) is 19.7 Å². The van der Waals surface area contributed by atoms with Crippen LogP contribution in [-0.4, -0.2) is 47.4 Å². The van der Waals surface area contributed by atoms with Gasteiger partial charge in [-0.3, -0.25) is 9.69 Å². The fourth-order valence-corrected chi connectivity index (χ4v) is 3.21. The van der Waals surface area contributed by atoms with Gasteiger partial charge in [0.15, 0.2) is 5.60 Å². The van der Waals surface area contributed by atoms with Crippen LogP contribution in [0.3, 0.4) is 0 Å². The summed E-state index contributed by atoms with van der Waals surface area (Å²) in [7, 11) is 0. The molecule has 2 fully saturated rings. The summed E-state index contributed by atoms with van der Waals surface area (Å²) in [6, 6.07) is 3.52. The van der Waals surface area contributed by atoms with Crippen molar-refractivity contribution in [2.45, 2.75) is 31.4 Å². The number of piperidine rings is 1. The molecule has 1 unspecified atom stereocenters. The Balaban J connectivity index is 1.76. The van der Waals surface area contributed by atoms with E-state index in [0.29, 0.717) is 37.1 Å². The van der Waals surface area contributed by atoms with Crippen LogP contribution in [-0.2, 0) is 14.3 Å². The van der Waals surface area contributed by atoms with E-state index in [1.54, 1.807) is 13.0 Å². The fourth-order valence-electron chi connectivity index (χ4n) is 3.21. The number of benzene rings is 1. The zero-order valence-electron chi connectivity index (χ0n) is 12.8. The topological polar surface area (TPSA) is 76.1 Å². The normalized spacial score (nSPS) is 21.7. The molecular weight excluding hydrogens is 305 g/mol. The van der Waals surface area contributed by atoms with Gasteiger partial charge in [-0.15, -0.1) is 0 Å². The number of ether oxygens (including phenoxy) is 2. The number of nitrogens with zero attached hydrogens (tertiary/aromatic N) is 1. The summed E-state index contributed by atoms with van der Waals surface area (Å²) in [6.45, 7) is 2.75. The molecule has 0 aromatic heterocycles. The van der Waals surface area contributed by atoms with Crippen LogP contribution < -0.4 is 0 Å². The van der Waals surface area contributed by atoms with Gasteiger partial charge in [-0.05, 0) is 24.1 Å². The van der Waals surface area contributed by atoms with Gasteiger partial charge in [-0.25, -0.2) is 9.18 Å². The number of rotatable bonds is 3. The summed E-state index contributed by atoms with van der Waals surface area (Å²) in [5.41, 5.74) is 0.336. The van der Waals surface area contributed by atoms with E-state index >= 15 is 0 Å².